The van der Waals surface area contributed by atoms with Crippen LogP contribution < -0.4 is 10.1 Å². The number of methoxy groups -OCH3 is 1. The lowest BCUT2D eigenvalue weighted by Gasteiger charge is -2.12. The summed E-state index contributed by atoms with van der Waals surface area (Å²) < 4.78 is 5.06. The van der Waals surface area contributed by atoms with E-state index in [4.69, 9.17) is 4.74 Å². The first-order chi connectivity index (χ1) is 10.5. The van der Waals surface area contributed by atoms with E-state index in [1.54, 1.807) is 37.4 Å². The third-order valence-corrected chi connectivity index (χ3v) is 3.41. The normalized spacial score (nSPS) is 12.2. The molecule has 1 aromatic heterocycles. The Morgan fingerprint density at radius 3 is 2.59 bits per heavy atom. The molecule has 1 aromatic carbocycles. The van der Waals surface area contributed by atoms with Crippen molar-refractivity contribution in [1.29, 1.82) is 0 Å². The van der Waals surface area contributed by atoms with Crippen LogP contribution in [0.4, 0.5) is 0 Å². The highest BCUT2D eigenvalue weighted by molar-refractivity contribution is 5.92. The number of rotatable bonds is 6. The second kappa shape index (κ2) is 7.09. The zero-order chi connectivity index (χ0) is 16.1. The number of nitrogens with one attached hydrogen (secondary N) is 2. The van der Waals surface area contributed by atoms with Crippen LogP contribution in [-0.4, -0.2) is 34.9 Å². The molecule has 3 N–H and O–H groups in total. The first kappa shape index (κ1) is 16.0. The predicted octanol–water partition coefficient (Wildman–Crippen LogP) is 2.01. The summed E-state index contributed by atoms with van der Waals surface area (Å²) in [4.78, 5) is 12.0. The number of aliphatic hydroxyl groups is 1. The van der Waals surface area contributed by atoms with Gasteiger partial charge in [0.15, 0.2) is 0 Å². The molecule has 2 aromatic rings. The average Bonchev–Trinajstić information content (AvgIpc) is 3.02. The Labute approximate surface area is 129 Å². The van der Waals surface area contributed by atoms with Crippen LogP contribution >= 0.6 is 0 Å². The fraction of sp³-hybridized carbons (Fsp3) is 0.375. The van der Waals surface area contributed by atoms with Gasteiger partial charge in [-0.25, -0.2) is 0 Å². The lowest BCUT2D eigenvalue weighted by atomic mass is 10.1. The topological polar surface area (TPSA) is 87.2 Å². The lowest BCUT2D eigenvalue weighted by molar-refractivity contribution is 0.0911. The van der Waals surface area contributed by atoms with Crippen molar-refractivity contribution in [2.45, 2.75) is 25.9 Å². The molecule has 1 heterocycles. The van der Waals surface area contributed by atoms with E-state index in [0.717, 1.165) is 11.4 Å². The van der Waals surface area contributed by atoms with Crippen molar-refractivity contribution < 1.29 is 14.6 Å². The number of nitrogens with zero attached hydrogens (tertiary/aromatic N) is 1. The zero-order valence-electron chi connectivity index (χ0n) is 13.0. The Morgan fingerprint density at radius 2 is 2.05 bits per heavy atom. The van der Waals surface area contributed by atoms with E-state index in [1.807, 2.05) is 13.8 Å². The molecule has 0 spiro atoms. The first-order valence-electron chi connectivity index (χ1n) is 7.16. The maximum Gasteiger partial charge on any atom is 0.271 e. The second-order valence-electron chi connectivity index (χ2n) is 5.36. The van der Waals surface area contributed by atoms with E-state index >= 15 is 0 Å². The van der Waals surface area contributed by atoms with Gasteiger partial charge >= 0.3 is 0 Å². The summed E-state index contributed by atoms with van der Waals surface area (Å²) in [6.07, 6.45) is -0.779. The number of aromatic nitrogens is 2. The minimum Gasteiger partial charge on any atom is -0.497 e. The summed E-state index contributed by atoms with van der Waals surface area (Å²) in [7, 11) is 1.58. The van der Waals surface area contributed by atoms with Gasteiger partial charge in [-0.05, 0) is 29.7 Å². The van der Waals surface area contributed by atoms with E-state index < -0.39 is 6.10 Å². The molecule has 6 nitrogen and oxygen atoms in total. The molecular weight excluding hydrogens is 282 g/mol. The van der Waals surface area contributed by atoms with Crippen molar-refractivity contribution in [2.24, 2.45) is 0 Å². The van der Waals surface area contributed by atoms with Gasteiger partial charge in [0.05, 0.1) is 13.2 Å². The monoisotopic (exact) mass is 303 g/mol. The molecular formula is C16H21N3O3. The largest absolute Gasteiger partial charge is 0.497 e. The third-order valence-electron chi connectivity index (χ3n) is 3.41. The highest BCUT2D eigenvalue weighted by Gasteiger charge is 2.14. The van der Waals surface area contributed by atoms with E-state index in [9.17, 15) is 9.90 Å². The summed E-state index contributed by atoms with van der Waals surface area (Å²) in [5.41, 5.74) is 1.94. The number of carbonyl (C=O) groups excluding carboxylic acids is 1. The number of aliphatic hydroxyl groups excluding tert-OH is 1. The maximum absolute atomic E-state index is 12.0. The van der Waals surface area contributed by atoms with Crippen LogP contribution in [0.2, 0.25) is 0 Å². The smallest absolute Gasteiger partial charge is 0.271 e. The van der Waals surface area contributed by atoms with E-state index in [1.165, 1.54) is 0 Å². The van der Waals surface area contributed by atoms with Gasteiger partial charge in [0.2, 0.25) is 0 Å². The van der Waals surface area contributed by atoms with Crippen molar-refractivity contribution in [3.05, 3.63) is 47.3 Å². The Kier molecular flexibility index (Phi) is 5.16. The standard InChI is InChI=1S/C16H21N3O3/c1-10(2)13-8-14(19-18-13)16(21)17-9-15(20)11-4-6-12(22-3)7-5-11/h4-8,10,15,20H,9H2,1-3H3,(H,17,21)(H,18,19)/t15-/m1/s1. The van der Waals surface area contributed by atoms with E-state index in [-0.39, 0.29) is 18.4 Å². The zero-order valence-corrected chi connectivity index (χ0v) is 13.0. The van der Waals surface area contributed by atoms with Crippen LogP contribution in [0.25, 0.3) is 0 Å². The number of aromatic amines is 1. The molecule has 0 aliphatic rings. The van der Waals surface area contributed by atoms with Gasteiger partial charge in [-0.2, -0.15) is 5.10 Å². The SMILES string of the molecule is COc1ccc([C@H](O)CNC(=O)c2cc(C(C)C)[nH]n2)cc1. The molecule has 0 saturated carbocycles. The molecule has 0 bridgehead atoms. The molecule has 0 aliphatic carbocycles. The maximum atomic E-state index is 12.0. The summed E-state index contributed by atoms with van der Waals surface area (Å²) in [5, 5.41) is 19.6. The van der Waals surface area contributed by atoms with Crippen molar-refractivity contribution in [2.75, 3.05) is 13.7 Å². The van der Waals surface area contributed by atoms with Gasteiger partial charge < -0.3 is 15.2 Å². The molecule has 6 heteroatoms. The van der Waals surface area contributed by atoms with Crippen molar-refractivity contribution >= 4 is 5.91 Å². The molecule has 0 unspecified atom stereocenters. The predicted molar refractivity (Wildman–Crippen MR) is 83.0 cm³/mol. The Morgan fingerprint density at radius 1 is 1.36 bits per heavy atom. The Balaban J connectivity index is 1.91. The minimum absolute atomic E-state index is 0.120. The number of H-pyrrole nitrogens is 1. The number of carbonyl (C=O) groups is 1. The van der Waals surface area contributed by atoms with Gasteiger partial charge in [0.1, 0.15) is 11.4 Å². The van der Waals surface area contributed by atoms with E-state index in [0.29, 0.717) is 11.3 Å². The highest BCUT2D eigenvalue weighted by Crippen LogP contribution is 2.17. The van der Waals surface area contributed by atoms with Gasteiger partial charge in [0.25, 0.3) is 5.91 Å². The van der Waals surface area contributed by atoms with Crippen LogP contribution in [0.1, 0.15) is 47.6 Å². The van der Waals surface area contributed by atoms with E-state index in [2.05, 4.69) is 15.5 Å². The fourth-order valence-corrected chi connectivity index (χ4v) is 1.97. The molecule has 22 heavy (non-hydrogen) atoms. The van der Waals surface area contributed by atoms with Crippen LogP contribution in [0.5, 0.6) is 5.75 Å². The third kappa shape index (κ3) is 3.85. The first-order valence-corrected chi connectivity index (χ1v) is 7.16. The van der Waals surface area contributed by atoms with Crippen molar-refractivity contribution in [1.82, 2.24) is 15.5 Å². The highest BCUT2D eigenvalue weighted by atomic mass is 16.5. The summed E-state index contributed by atoms with van der Waals surface area (Å²) in [5.74, 6) is 0.687. The quantitative estimate of drug-likeness (QED) is 0.762. The number of benzene rings is 1. The van der Waals surface area contributed by atoms with Gasteiger partial charge in [-0.1, -0.05) is 26.0 Å². The van der Waals surface area contributed by atoms with Gasteiger partial charge in [0, 0.05) is 12.2 Å². The summed E-state index contributed by atoms with van der Waals surface area (Å²) >= 11 is 0. The Bertz CT molecular complexity index is 620. The van der Waals surface area contributed by atoms with Crippen LogP contribution in [0.3, 0.4) is 0 Å². The Hall–Kier alpha value is -2.34. The summed E-state index contributed by atoms with van der Waals surface area (Å²) in [6, 6.07) is 8.79. The number of hydrogen-bond acceptors (Lipinski definition) is 4. The van der Waals surface area contributed by atoms with Gasteiger partial charge in [-0.15, -0.1) is 0 Å². The fourth-order valence-electron chi connectivity index (χ4n) is 1.97. The number of ether oxygens (including phenoxy) is 1. The molecule has 118 valence electrons. The second-order valence-corrected chi connectivity index (χ2v) is 5.36. The summed E-state index contributed by atoms with van der Waals surface area (Å²) in [6.45, 7) is 4.15. The molecule has 1 amide bonds. The van der Waals surface area contributed by atoms with Crippen molar-refractivity contribution in [3.8, 4) is 5.75 Å². The van der Waals surface area contributed by atoms with Crippen molar-refractivity contribution in [3.63, 3.8) is 0 Å². The molecule has 2 rings (SSSR count). The molecule has 0 saturated heterocycles. The lowest BCUT2D eigenvalue weighted by Crippen LogP contribution is -2.28. The van der Waals surface area contributed by atoms with Crippen LogP contribution in [0, 0.1) is 0 Å². The molecule has 0 fully saturated rings. The number of amides is 1. The average molecular weight is 303 g/mol. The van der Waals surface area contributed by atoms with Crippen LogP contribution in [0.15, 0.2) is 30.3 Å². The number of hydrogen-bond donors (Lipinski definition) is 3. The van der Waals surface area contributed by atoms with Gasteiger partial charge in [-0.3, -0.25) is 9.89 Å². The minimum atomic E-state index is -0.779. The van der Waals surface area contributed by atoms with Crippen LogP contribution in [-0.2, 0) is 0 Å². The molecule has 1 atom stereocenters. The molecule has 0 radical (unpaired) electrons. The molecule has 0 aliphatic heterocycles.